The third kappa shape index (κ3) is 2.71. The first kappa shape index (κ1) is 11.5. The van der Waals surface area contributed by atoms with Crippen molar-refractivity contribution < 1.29 is 9.18 Å². The van der Waals surface area contributed by atoms with Gasteiger partial charge in [-0.3, -0.25) is 4.79 Å². The average Bonchev–Trinajstić information content (AvgIpc) is 2.17. The number of hydrogen-bond donors (Lipinski definition) is 0. The van der Waals surface area contributed by atoms with Gasteiger partial charge in [-0.2, -0.15) is 0 Å². The Morgan fingerprint density at radius 2 is 2.33 bits per heavy atom. The lowest BCUT2D eigenvalue weighted by Crippen LogP contribution is -2.27. The largest absolute Gasteiger partial charge is 0.331 e. The van der Waals surface area contributed by atoms with Gasteiger partial charge in [0.15, 0.2) is 0 Å². The first-order valence-electron chi connectivity index (χ1n) is 4.20. The van der Waals surface area contributed by atoms with Crippen LogP contribution in [0.2, 0.25) is 5.02 Å². The summed E-state index contributed by atoms with van der Waals surface area (Å²) in [4.78, 5) is 13.0. The van der Waals surface area contributed by atoms with Gasteiger partial charge in [-0.15, -0.1) is 6.42 Å². The molecule has 0 N–H and O–H groups in total. The number of terminal acetylenes is 1. The third-order valence-electron chi connectivity index (χ3n) is 1.84. The minimum absolute atomic E-state index is 0.0869. The number of halogens is 2. The maximum absolute atomic E-state index is 12.7. The molecule has 0 atom stereocenters. The van der Waals surface area contributed by atoms with E-state index in [0.717, 1.165) is 6.07 Å². The molecular weight excluding hydrogens is 217 g/mol. The van der Waals surface area contributed by atoms with Crippen LogP contribution in [0.4, 0.5) is 4.39 Å². The number of amides is 1. The normalized spacial score (nSPS) is 9.47. The molecule has 0 heterocycles. The Bertz CT molecular complexity index is 425. The van der Waals surface area contributed by atoms with Gasteiger partial charge in [0.1, 0.15) is 5.82 Å². The Morgan fingerprint density at radius 3 is 2.87 bits per heavy atom. The molecular formula is C11H9ClFNO. The van der Waals surface area contributed by atoms with E-state index in [-0.39, 0.29) is 23.0 Å². The van der Waals surface area contributed by atoms with Crippen LogP contribution >= 0.6 is 11.6 Å². The predicted molar refractivity (Wildman–Crippen MR) is 57.2 cm³/mol. The Morgan fingerprint density at radius 1 is 1.67 bits per heavy atom. The zero-order valence-corrected chi connectivity index (χ0v) is 8.88. The van der Waals surface area contributed by atoms with Gasteiger partial charge in [0.25, 0.3) is 5.91 Å². The fraction of sp³-hybridized carbons (Fsp3) is 0.182. The first-order chi connectivity index (χ1) is 7.06. The molecule has 0 saturated carbocycles. The summed E-state index contributed by atoms with van der Waals surface area (Å²) in [6.07, 6.45) is 5.07. The van der Waals surface area contributed by atoms with E-state index in [2.05, 4.69) is 5.92 Å². The summed E-state index contributed by atoms with van der Waals surface area (Å²) in [5, 5.41) is 0.0869. The van der Waals surface area contributed by atoms with Gasteiger partial charge in [0, 0.05) is 7.05 Å². The highest BCUT2D eigenvalue weighted by Gasteiger charge is 2.14. The summed E-state index contributed by atoms with van der Waals surface area (Å²) in [6.45, 7) is 0.187. The molecule has 4 heteroatoms. The molecule has 1 rings (SSSR count). The highest BCUT2D eigenvalue weighted by Crippen LogP contribution is 2.18. The Hall–Kier alpha value is -1.53. The smallest absolute Gasteiger partial charge is 0.255 e. The molecule has 0 aromatic heterocycles. The van der Waals surface area contributed by atoms with Gasteiger partial charge >= 0.3 is 0 Å². The van der Waals surface area contributed by atoms with Crippen LogP contribution in [0.1, 0.15) is 10.4 Å². The standard InChI is InChI=1S/C11H9ClFNO/c1-3-6-14(2)11(15)9-5-4-8(13)7-10(9)12/h1,4-5,7H,6H2,2H3. The number of hydrogen-bond acceptors (Lipinski definition) is 1. The van der Waals surface area contributed by atoms with Crippen molar-refractivity contribution in [3.05, 3.63) is 34.6 Å². The molecule has 2 nitrogen and oxygen atoms in total. The molecule has 0 fully saturated rings. The molecule has 0 saturated heterocycles. The molecule has 0 aliphatic rings. The molecule has 0 bridgehead atoms. The molecule has 0 aliphatic carbocycles. The van der Waals surface area contributed by atoms with E-state index in [1.165, 1.54) is 17.0 Å². The Labute approximate surface area is 92.6 Å². The molecule has 15 heavy (non-hydrogen) atoms. The van der Waals surface area contributed by atoms with Crippen molar-refractivity contribution in [2.75, 3.05) is 13.6 Å². The van der Waals surface area contributed by atoms with Crippen LogP contribution in [0, 0.1) is 18.2 Å². The van der Waals surface area contributed by atoms with E-state index in [0.29, 0.717) is 0 Å². The lowest BCUT2D eigenvalue weighted by atomic mass is 10.2. The molecule has 0 radical (unpaired) electrons. The highest BCUT2D eigenvalue weighted by molar-refractivity contribution is 6.33. The summed E-state index contributed by atoms with van der Waals surface area (Å²) in [7, 11) is 1.56. The Kier molecular flexibility index (Phi) is 3.70. The van der Waals surface area contributed by atoms with Crippen molar-refractivity contribution in [3.8, 4) is 12.3 Å². The summed E-state index contributed by atoms with van der Waals surface area (Å²) in [5.41, 5.74) is 0.246. The van der Waals surface area contributed by atoms with Crippen molar-refractivity contribution in [2.24, 2.45) is 0 Å². The monoisotopic (exact) mass is 225 g/mol. The van der Waals surface area contributed by atoms with Gasteiger partial charge in [0.2, 0.25) is 0 Å². The van der Waals surface area contributed by atoms with E-state index in [4.69, 9.17) is 18.0 Å². The van der Waals surface area contributed by atoms with Gasteiger partial charge in [-0.05, 0) is 18.2 Å². The lowest BCUT2D eigenvalue weighted by molar-refractivity contribution is 0.0813. The van der Waals surface area contributed by atoms with Crippen molar-refractivity contribution in [1.29, 1.82) is 0 Å². The zero-order chi connectivity index (χ0) is 11.4. The molecule has 1 aromatic carbocycles. The van der Waals surface area contributed by atoms with Gasteiger partial charge < -0.3 is 4.90 Å². The second-order valence-corrected chi connectivity index (χ2v) is 3.40. The quantitative estimate of drug-likeness (QED) is 0.707. The molecule has 78 valence electrons. The number of carbonyl (C=O) groups is 1. The second kappa shape index (κ2) is 4.81. The Balaban J connectivity index is 2.97. The van der Waals surface area contributed by atoms with Crippen LogP contribution in [-0.2, 0) is 0 Å². The second-order valence-electron chi connectivity index (χ2n) is 2.99. The summed E-state index contributed by atoms with van der Waals surface area (Å²) < 4.78 is 12.7. The SMILES string of the molecule is C#CCN(C)C(=O)c1ccc(F)cc1Cl. The van der Waals surface area contributed by atoms with E-state index < -0.39 is 5.82 Å². The number of carbonyl (C=O) groups excluding carboxylic acids is 1. The minimum atomic E-state index is -0.476. The zero-order valence-electron chi connectivity index (χ0n) is 8.13. The third-order valence-corrected chi connectivity index (χ3v) is 2.15. The van der Waals surface area contributed by atoms with Crippen LogP contribution < -0.4 is 0 Å². The number of nitrogens with zero attached hydrogens (tertiary/aromatic N) is 1. The van der Waals surface area contributed by atoms with Crippen LogP contribution in [0.3, 0.4) is 0 Å². The minimum Gasteiger partial charge on any atom is -0.331 e. The van der Waals surface area contributed by atoms with Crippen molar-refractivity contribution in [1.82, 2.24) is 4.90 Å². The fourth-order valence-electron chi connectivity index (χ4n) is 1.08. The molecule has 1 aromatic rings. The number of benzene rings is 1. The highest BCUT2D eigenvalue weighted by atomic mass is 35.5. The summed E-state index contributed by atoms with van der Waals surface area (Å²) in [5.74, 6) is 1.54. The number of rotatable bonds is 2. The van der Waals surface area contributed by atoms with E-state index >= 15 is 0 Å². The molecule has 0 spiro atoms. The van der Waals surface area contributed by atoms with E-state index in [1.807, 2.05) is 0 Å². The molecule has 0 unspecified atom stereocenters. The van der Waals surface area contributed by atoms with Crippen LogP contribution in [0.5, 0.6) is 0 Å². The van der Waals surface area contributed by atoms with Crippen molar-refractivity contribution >= 4 is 17.5 Å². The maximum Gasteiger partial charge on any atom is 0.255 e. The van der Waals surface area contributed by atoms with Gasteiger partial charge in [0.05, 0.1) is 17.1 Å². The van der Waals surface area contributed by atoms with Crippen LogP contribution in [0.15, 0.2) is 18.2 Å². The van der Waals surface area contributed by atoms with E-state index in [1.54, 1.807) is 7.05 Å². The van der Waals surface area contributed by atoms with Crippen molar-refractivity contribution in [2.45, 2.75) is 0 Å². The topological polar surface area (TPSA) is 20.3 Å². The summed E-state index contributed by atoms with van der Waals surface area (Å²) in [6, 6.07) is 3.62. The fourth-order valence-corrected chi connectivity index (χ4v) is 1.33. The average molecular weight is 226 g/mol. The van der Waals surface area contributed by atoms with Crippen LogP contribution in [0.25, 0.3) is 0 Å². The maximum atomic E-state index is 12.7. The lowest BCUT2D eigenvalue weighted by Gasteiger charge is -2.14. The summed E-state index contributed by atoms with van der Waals surface area (Å²) >= 11 is 5.73. The van der Waals surface area contributed by atoms with Gasteiger partial charge in [-0.1, -0.05) is 17.5 Å². The van der Waals surface area contributed by atoms with E-state index in [9.17, 15) is 9.18 Å². The van der Waals surface area contributed by atoms with Crippen molar-refractivity contribution in [3.63, 3.8) is 0 Å². The van der Waals surface area contributed by atoms with Crippen LogP contribution in [-0.4, -0.2) is 24.4 Å². The predicted octanol–water partition coefficient (Wildman–Crippen LogP) is 2.18. The van der Waals surface area contributed by atoms with Gasteiger partial charge in [-0.25, -0.2) is 4.39 Å². The first-order valence-corrected chi connectivity index (χ1v) is 4.58. The molecule has 1 amide bonds. The molecule has 0 aliphatic heterocycles.